The van der Waals surface area contributed by atoms with Gasteiger partial charge in [-0.1, -0.05) is 0 Å². The third kappa shape index (κ3) is 3.55. The maximum Gasteiger partial charge on any atom is 0.0818 e. The number of methoxy groups -OCH3 is 1. The highest BCUT2D eigenvalue weighted by molar-refractivity contribution is 9.10. The minimum atomic E-state index is -0.165. The standard InChI is InChI=1S/C12H24BrN5O/c1-12(2,17(3)4)11(16-14)10-9(13)8-15-18(10)6-7-19-5/h8,11,16H,6-7,14H2,1-5H3. The molecule has 0 saturated heterocycles. The first kappa shape index (κ1) is 16.6. The highest BCUT2D eigenvalue weighted by atomic mass is 79.9. The Kier molecular flexibility index (Phi) is 5.94. The van der Waals surface area contributed by atoms with Gasteiger partial charge in [-0.05, 0) is 43.9 Å². The fourth-order valence-corrected chi connectivity index (χ4v) is 2.42. The van der Waals surface area contributed by atoms with Crippen molar-refractivity contribution in [3.8, 4) is 0 Å². The molecule has 0 aliphatic heterocycles. The van der Waals surface area contributed by atoms with E-state index in [1.165, 1.54) is 0 Å². The Hall–Kier alpha value is -0.470. The normalized spacial score (nSPS) is 14.1. The van der Waals surface area contributed by atoms with Crippen LogP contribution in [-0.2, 0) is 11.3 Å². The lowest BCUT2D eigenvalue weighted by Crippen LogP contribution is -2.52. The molecule has 7 heteroatoms. The van der Waals surface area contributed by atoms with E-state index in [0.717, 1.165) is 10.2 Å². The minimum absolute atomic E-state index is 0.0590. The van der Waals surface area contributed by atoms with Gasteiger partial charge in [-0.3, -0.25) is 10.5 Å². The summed E-state index contributed by atoms with van der Waals surface area (Å²) in [6.07, 6.45) is 1.79. The summed E-state index contributed by atoms with van der Waals surface area (Å²) in [6.45, 7) is 5.58. The van der Waals surface area contributed by atoms with Crippen molar-refractivity contribution in [3.63, 3.8) is 0 Å². The van der Waals surface area contributed by atoms with Gasteiger partial charge in [-0.15, -0.1) is 0 Å². The molecular weight excluding hydrogens is 310 g/mol. The average molecular weight is 334 g/mol. The summed E-state index contributed by atoms with van der Waals surface area (Å²) in [5, 5.41) is 4.37. The summed E-state index contributed by atoms with van der Waals surface area (Å²) < 4.78 is 7.98. The first-order chi connectivity index (χ1) is 8.86. The second-order valence-corrected chi connectivity index (χ2v) is 6.10. The summed E-state index contributed by atoms with van der Waals surface area (Å²) in [5.41, 5.74) is 3.77. The largest absolute Gasteiger partial charge is 0.383 e. The lowest BCUT2D eigenvalue weighted by Gasteiger charge is -2.40. The second kappa shape index (κ2) is 6.81. The zero-order valence-electron chi connectivity index (χ0n) is 12.3. The van der Waals surface area contributed by atoms with Crippen LogP contribution in [0.2, 0.25) is 0 Å². The summed E-state index contributed by atoms with van der Waals surface area (Å²) in [5.74, 6) is 5.78. The molecule has 110 valence electrons. The first-order valence-corrected chi connectivity index (χ1v) is 6.99. The summed E-state index contributed by atoms with van der Waals surface area (Å²) in [4.78, 5) is 2.14. The molecule has 0 amide bonds. The number of rotatable bonds is 7. The Bertz CT molecular complexity index is 405. The maximum absolute atomic E-state index is 5.78. The molecule has 1 rings (SSSR count). The van der Waals surface area contributed by atoms with Crippen LogP contribution in [0.1, 0.15) is 25.6 Å². The van der Waals surface area contributed by atoms with Crippen LogP contribution in [0.15, 0.2) is 10.7 Å². The molecule has 1 aromatic rings. The van der Waals surface area contributed by atoms with Crippen molar-refractivity contribution < 1.29 is 4.74 Å². The number of nitrogens with two attached hydrogens (primary N) is 1. The van der Waals surface area contributed by atoms with E-state index in [1.807, 2.05) is 18.8 Å². The Labute approximate surface area is 123 Å². The molecule has 0 radical (unpaired) electrons. The quantitative estimate of drug-likeness (QED) is 0.578. The lowest BCUT2D eigenvalue weighted by atomic mass is 9.91. The van der Waals surface area contributed by atoms with Crippen LogP contribution < -0.4 is 11.3 Å². The number of ether oxygens (including phenoxy) is 1. The van der Waals surface area contributed by atoms with Crippen LogP contribution in [0, 0.1) is 0 Å². The molecular formula is C12H24BrN5O. The predicted octanol–water partition coefficient (Wildman–Crippen LogP) is 1.14. The fraction of sp³-hybridized carbons (Fsp3) is 0.750. The highest BCUT2D eigenvalue weighted by Crippen LogP contribution is 2.33. The Morgan fingerprint density at radius 1 is 1.58 bits per heavy atom. The van der Waals surface area contributed by atoms with Crippen molar-refractivity contribution in [2.45, 2.75) is 32.0 Å². The molecule has 0 spiro atoms. The van der Waals surface area contributed by atoms with Crippen LogP contribution in [-0.4, -0.2) is 48.0 Å². The fourth-order valence-electron chi connectivity index (χ4n) is 1.89. The third-order valence-corrected chi connectivity index (χ3v) is 4.25. The van der Waals surface area contributed by atoms with Crippen molar-refractivity contribution in [2.24, 2.45) is 5.84 Å². The molecule has 3 N–H and O–H groups in total. The predicted molar refractivity (Wildman–Crippen MR) is 79.6 cm³/mol. The van der Waals surface area contributed by atoms with Crippen molar-refractivity contribution in [1.29, 1.82) is 0 Å². The van der Waals surface area contributed by atoms with Crippen molar-refractivity contribution in [3.05, 3.63) is 16.4 Å². The number of hydrazine groups is 1. The highest BCUT2D eigenvalue weighted by Gasteiger charge is 2.35. The topological polar surface area (TPSA) is 68.3 Å². The van der Waals surface area contributed by atoms with Gasteiger partial charge in [-0.2, -0.15) is 5.10 Å². The molecule has 1 heterocycles. The van der Waals surface area contributed by atoms with Crippen LogP contribution in [0.5, 0.6) is 0 Å². The van der Waals surface area contributed by atoms with Crippen molar-refractivity contribution in [1.82, 2.24) is 20.1 Å². The molecule has 0 aromatic carbocycles. The van der Waals surface area contributed by atoms with E-state index >= 15 is 0 Å². The molecule has 0 bridgehead atoms. The average Bonchev–Trinajstić information content (AvgIpc) is 2.69. The van der Waals surface area contributed by atoms with E-state index in [1.54, 1.807) is 13.3 Å². The van der Waals surface area contributed by atoms with E-state index in [2.05, 4.69) is 45.2 Å². The Morgan fingerprint density at radius 3 is 2.68 bits per heavy atom. The van der Waals surface area contributed by atoms with E-state index < -0.39 is 0 Å². The number of likely N-dealkylation sites (N-methyl/N-ethyl adjacent to an activating group) is 1. The van der Waals surface area contributed by atoms with Gasteiger partial charge in [0.15, 0.2) is 0 Å². The SMILES string of the molecule is COCCn1ncc(Br)c1C(NN)C(C)(C)N(C)C. The van der Waals surface area contributed by atoms with E-state index in [-0.39, 0.29) is 11.6 Å². The number of nitrogens with zero attached hydrogens (tertiary/aromatic N) is 3. The van der Waals surface area contributed by atoms with Crippen LogP contribution >= 0.6 is 15.9 Å². The molecule has 0 aliphatic carbocycles. The van der Waals surface area contributed by atoms with E-state index in [9.17, 15) is 0 Å². The van der Waals surface area contributed by atoms with E-state index in [0.29, 0.717) is 13.2 Å². The van der Waals surface area contributed by atoms with Gasteiger partial charge < -0.3 is 9.64 Å². The molecule has 19 heavy (non-hydrogen) atoms. The summed E-state index contributed by atoms with van der Waals surface area (Å²) >= 11 is 3.55. The number of nitrogens with one attached hydrogen (secondary N) is 1. The molecule has 0 saturated carbocycles. The second-order valence-electron chi connectivity index (χ2n) is 5.24. The van der Waals surface area contributed by atoms with Gasteiger partial charge in [-0.25, -0.2) is 5.43 Å². The van der Waals surface area contributed by atoms with Crippen LogP contribution in [0.25, 0.3) is 0 Å². The van der Waals surface area contributed by atoms with Crippen molar-refractivity contribution >= 4 is 15.9 Å². The minimum Gasteiger partial charge on any atom is -0.383 e. The smallest absolute Gasteiger partial charge is 0.0818 e. The lowest BCUT2D eigenvalue weighted by molar-refractivity contribution is 0.129. The van der Waals surface area contributed by atoms with Gasteiger partial charge >= 0.3 is 0 Å². The van der Waals surface area contributed by atoms with Crippen LogP contribution in [0.3, 0.4) is 0 Å². The first-order valence-electron chi connectivity index (χ1n) is 6.20. The summed E-state index contributed by atoms with van der Waals surface area (Å²) in [7, 11) is 5.75. The van der Waals surface area contributed by atoms with Gasteiger partial charge in [0, 0.05) is 12.6 Å². The van der Waals surface area contributed by atoms with Gasteiger partial charge in [0.25, 0.3) is 0 Å². The Balaban J connectivity index is 3.14. The molecule has 0 fully saturated rings. The number of hydrogen-bond acceptors (Lipinski definition) is 5. The number of aromatic nitrogens is 2. The molecule has 1 aromatic heterocycles. The van der Waals surface area contributed by atoms with Gasteiger partial charge in [0.2, 0.25) is 0 Å². The van der Waals surface area contributed by atoms with Crippen molar-refractivity contribution in [2.75, 3.05) is 27.8 Å². The zero-order valence-corrected chi connectivity index (χ0v) is 13.9. The zero-order chi connectivity index (χ0) is 14.6. The summed E-state index contributed by atoms with van der Waals surface area (Å²) in [6, 6.07) is -0.0590. The third-order valence-electron chi connectivity index (χ3n) is 3.64. The monoisotopic (exact) mass is 333 g/mol. The van der Waals surface area contributed by atoms with Crippen LogP contribution in [0.4, 0.5) is 0 Å². The molecule has 6 nitrogen and oxygen atoms in total. The van der Waals surface area contributed by atoms with Gasteiger partial charge in [0.05, 0.1) is 35.6 Å². The number of hydrogen-bond donors (Lipinski definition) is 2. The molecule has 0 aliphatic rings. The van der Waals surface area contributed by atoms with Gasteiger partial charge in [0.1, 0.15) is 0 Å². The maximum atomic E-state index is 5.78. The molecule has 1 atom stereocenters. The molecule has 1 unspecified atom stereocenters. The van der Waals surface area contributed by atoms with E-state index in [4.69, 9.17) is 10.6 Å². The number of halogens is 1. The Morgan fingerprint density at radius 2 is 2.21 bits per heavy atom.